The smallest absolute Gasteiger partial charge is 0.318 e. The number of aliphatic carboxylic acids is 2. The molecule has 0 spiro atoms. The first-order chi connectivity index (χ1) is 12.0. The minimum Gasteiger partial charge on any atom is -0.481 e. The largest absolute Gasteiger partial charge is 0.481 e. The molecule has 0 heterocycles. The van der Waals surface area contributed by atoms with E-state index in [9.17, 15) is 24.6 Å². The molecule has 2 aromatic carbocycles. The maximum absolute atomic E-state index is 12.3. The summed E-state index contributed by atoms with van der Waals surface area (Å²) < 4.78 is 0. The number of carbonyl (C=O) groups is 3. The van der Waals surface area contributed by atoms with E-state index in [2.05, 4.69) is 0 Å². The highest BCUT2D eigenvalue weighted by Crippen LogP contribution is 2.29. The van der Waals surface area contributed by atoms with E-state index in [-0.39, 0.29) is 12.2 Å². The SMILES string of the molecule is O=C(C=Cc1ccccc1)CC(c1ccccc1)C(C(=O)O)C(=O)O. The molecule has 0 fully saturated rings. The van der Waals surface area contributed by atoms with Gasteiger partial charge in [-0.05, 0) is 17.2 Å². The summed E-state index contributed by atoms with van der Waals surface area (Å²) in [6.45, 7) is 0. The molecule has 1 atom stereocenters. The second-order valence-corrected chi connectivity index (χ2v) is 5.59. The fourth-order valence-corrected chi connectivity index (χ4v) is 2.62. The summed E-state index contributed by atoms with van der Waals surface area (Å²) in [6, 6.07) is 17.6. The van der Waals surface area contributed by atoms with E-state index in [4.69, 9.17) is 0 Å². The van der Waals surface area contributed by atoms with Crippen molar-refractivity contribution in [1.29, 1.82) is 0 Å². The van der Waals surface area contributed by atoms with Crippen LogP contribution in [0.25, 0.3) is 6.08 Å². The van der Waals surface area contributed by atoms with Crippen LogP contribution in [0.5, 0.6) is 0 Å². The number of ketones is 1. The quantitative estimate of drug-likeness (QED) is 0.569. The third-order valence-electron chi connectivity index (χ3n) is 3.84. The average Bonchev–Trinajstić information content (AvgIpc) is 2.60. The van der Waals surface area contributed by atoms with Gasteiger partial charge in [0.2, 0.25) is 0 Å². The normalized spacial score (nSPS) is 12.2. The predicted molar refractivity (Wildman–Crippen MR) is 93.0 cm³/mol. The Bertz CT molecular complexity index is 751. The number of hydrogen-bond donors (Lipinski definition) is 2. The highest BCUT2D eigenvalue weighted by Gasteiger charge is 2.36. The van der Waals surface area contributed by atoms with E-state index < -0.39 is 23.8 Å². The van der Waals surface area contributed by atoms with Crippen LogP contribution in [0.3, 0.4) is 0 Å². The standard InChI is InChI=1S/C20H18O5/c21-16(12-11-14-7-3-1-4-8-14)13-17(15-9-5-2-6-10-15)18(19(22)23)20(24)25/h1-12,17-18H,13H2,(H,22,23)(H,24,25). The molecule has 0 bridgehead atoms. The molecule has 5 nitrogen and oxygen atoms in total. The van der Waals surface area contributed by atoms with Gasteiger partial charge in [0, 0.05) is 12.3 Å². The molecule has 2 aromatic rings. The summed E-state index contributed by atoms with van der Waals surface area (Å²) in [5, 5.41) is 18.6. The first-order valence-electron chi connectivity index (χ1n) is 7.75. The van der Waals surface area contributed by atoms with Gasteiger partial charge in [-0.3, -0.25) is 14.4 Å². The Balaban J connectivity index is 2.24. The summed E-state index contributed by atoms with van der Waals surface area (Å²) in [4.78, 5) is 35.1. The molecule has 0 radical (unpaired) electrons. The molecule has 0 aliphatic heterocycles. The summed E-state index contributed by atoms with van der Waals surface area (Å²) >= 11 is 0. The lowest BCUT2D eigenvalue weighted by Crippen LogP contribution is -2.31. The Hall–Kier alpha value is -3.21. The van der Waals surface area contributed by atoms with Crippen molar-refractivity contribution in [2.75, 3.05) is 0 Å². The topological polar surface area (TPSA) is 91.7 Å². The van der Waals surface area contributed by atoms with Crippen LogP contribution in [-0.4, -0.2) is 27.9 Å². The number of rotatable bonds is 8. The van der Waals surface area contributed by atoms with E-state index in [0.717, 1.165) is 5.56 Å². The average molecular weight is 338 g/mol. The Morgan fingerprint density at radius 2 is 1.36 bits per heavy atom. The van der Waals surface area contributed by atoms with E-state index in [0.29, 0.717) is 5.56 Å². The van der Waals surface area contributed by atoms with Gasteiger partial charge in [0.15, 0.2) is 11.7 Å². The zero-order valence-electron chi connectivity index (χ0n) is 13.4. The lowest BCUT2D eigenvalue weighted by Gasteiger charge is -2.20. The van der Waals surface area contributed by atoms with E-state index in [1.165, 1.54) is 6.08 Å². The first-order valence-corrected chi connectivity index (χ1v) is 7.75. The van der Waals surface area contributed by atoms with Gasteiger partial charge >= 0.3 is 11.9 Å². The Kier molecular flexibility index (Phi) is 6.23. The van der Waals surface area contributed by atoms with Crippen molar-refractivity contribution >= 4 is 23.8 Å². The minimum atomic E-state index is -1.68. The maximum atomic E-state index is 12.3. The molecule has 2 rings (SSSR count). The van der Waals surface area contributed by atoms with E-state index in [1.807, 2.05) is 30.3 Å². The van der Waals surface area contributed by atoms with Gasteiger partial charge in [-0.1, -0.05) is 66.7 Å². The highest BCUT2D eigenvalue weighted by molar-refractivity contribution is 5.98. The van der Waals surface area contributed by atoms with Gasteiger partial charge in [0.25, 0.3) is 0 Å². The first kappa shape index (κ1) is 18.1. The van der Waals surface area contributed by atoms with Crippen molar-refractivity contribution in [3.05, 3.63) is 77.9 Å². The lowest BCUT2D eigenvalue weighted by molar-refractivity contribution is -0.155. The number of allylic oxidation sites excluding steroid dienone is 1. The minimum absolute atomic E-state index is 0.198. The molecule has 2 N–H and O–H groups in total. The van der Waals surface area contributed by atoms with Crippen LogP contribution < -0.4 is 0 Å². The van der Waals surface area contributed by atoms with Gasteiger partial charge < -0.3 is 10.2 Å². The van der Waals surface area contributed by atoms with Crippen LogP contribution in [0.2, 0.25) is 0 Å². The zero-order valence-corrected chi connectivity index (χ0v) is 13.4. The van der Waals surface area contributed by atoms with Gasteiger partial charge in [-0.2, -0.15) is 0 Å². The third-order valence-corrected chi connectivity index (χ3v) is 3.84. The molecule has 0 saturated heterocycles. The molecule has 0 aliphatic carbocycles. The van der Waals surface area contributed by atoms with Crippen molar-refractivity contribution in [1.82, 2.24) is 0 Å². The van der Waals surface area contributed by atoms with Crippen molar-refractivity contribution in [3.63, 3.8) is 0 Å². The molecule has 0 aliphatic rings. The maximum Gasteiger partial charge on any atom is 0.318 e. The van der Waals surface area contributed by atoms with E-state index >= 15 is 0 Å². The summed E-state index contributed by atoms with van der Waals surface area (Å²) in [7, 11) is 0. The monoisotopic (exact) mass is 338 g/mol. The van der Waals surface area contributed by atoms with Crippen LogP contribution in [0.4, 0.5) is 0 Å². The van der Waals surface area contributed by atoms with Gasteiger partial charge in [0.05, 0.1) is 0 Å². The molecule has 128 valence electrons. The van der Waals surface area contributed by atoms with E-state index in [1.54, 1.807) is 36.4 Å². The van der Waals surface area contributed by atoms with Crippen molar-refractivity contribution in [2.24, 2.45) is 5.92 Å². The summed E-state index contributed by atoms with van der Waals surface area (Å²) in [5.74, 6) is -5.87. The number of carboxylic acid groups (broad SMARTS) is 2. The molecule has 5 heteroatoms. The fourth-order valence-electron chi connectivity index (χ4n) is 2.62. The van der Waals surface area contributed by atoms with Crippen LogP contribution in [0, 0.1) is 5.92 Å². The zero-order chi connectivity index (χ0) is 18.2. The predicted octanol–water partition coefficient (Wildman–Crippen LogP) is 3.23. The molecule has 0 aromatic heterocycles. The van der Waals surface area contributed by atoms with Crippen molar-refractivity contribution in [2.45, 2.75) is 12.3 Å². The Morgan fingerprint density at radius 1 is 0.840 bits per heavy atom. The van der Waals surface area contributed by atoms with Crippen LogP contribution in [0.15, 0.2) is 66.7 Å². The van der Waals surface area contributed by atoms with Gasteiger partial charge in [0.1, 0.15) is 0 Å². The number of carboxylic acids is 2. The third kappa shape index (κ3) is 5.14. The summed E-state index contributed by atoms with van der Waals surface area (Å²) in [5.41, 5.74) is 1.35. The van der Waals surface area contributed by atoms with Crippen LogP contribution in [-0.2, 0) is 14.4 Å². The second-order valence-electron chi connectivity index (χ2n) is 5.59. The van der Waals surface area contributed by atoms with Crippen LogP contribution in [0.1, 0.15) is 23.5 Å². The molecule has 0 amide bonds. The van der Waals surface area contributed by atoms with Gasteiger partial charge in [-0.25, -0.2) is 0 Å². The number of benzene rings is 2. The highest BCUT2D eigenvalue weighted by atomic mass is 16.4. The molecule has 0 saturated carbocycles. The Labute approximate surface area is 145 Å². The fraction of sp³-hybridized carbons (Fsp3) is 0.150. The second kappa shape index (κ2) is 8.59. The molecule has 1 unspecified atom stereocenters. The summed E-state index contributed by atoms with van der Waals surface area (Å²) in [6.07, 6.45) is 2.78. The van der Waals surface area contributed by atoms with Crippen LogP contribution >= 0.6 is 0 Å². The van der Waals surface area contributed by atoms with Gasteiger partial charge in [-0.15, -0.1) is 0 Å². The number of carbonyl (C=O) groups excluding carboxylic acids is 1. The Morgan fingerprint density at radius 3 is 1.88 bits per heavy atom. The molecular formula is C20H18O5. The molecule has 25 heavy (non-hydrogen) atoms. The lowest BCUT2D eigenvalue weighted by atomic mass is 9.82. The van der Waals surface area contributed by atoms with Crippen molar-refractivity contribution < 1.29 is 24.6 Å². The van der Waals surface area contributed by atoms with Crippen molar-refractivity contribution in [3.8, 4) is 0 Å². The number of hydrogen-bond acceptors (Lipinski definition) is 3. The molecular weight excluding hydrogens is 320 g/mol.